The first-order valence-corrected chi connectivity index (χ1v) is 8.67. The van der Waals surface area contributed by atoms with Gasteiger partial charge in [-0.1, -0.05) is 18.2 Å². The van der Waals surface area contributed by atoms with Crippen molar-refractivity contribution in [1.29, 1.82) is 0 Å². The van der Waals surface area contributed by atoms with E-state index >= 15 is 0 Å². The van der Waals surface area contributed by atoms with E-state index in [1.54, 1.807) is 6.26 Å². The quantitative estimate of drug-likeness (QED) is 0.847. The number of amides is 2. The van der Waals surface area contributed by atoms with Gasteiger partial charge in [0.25, 0.3) is 0 Å². The van der Waals surface area contributed by atoms with E-state index in [4.69, 9.17) is 4.42 Å². The molecule has 2 heterocycles. The smallest absolute Gasteiger partial charge is 0.315 e. The van der Waals surface area contributed by atoms with Crippen molar-refractivity contribution in [3.05, 3.63) is 54.5 Å². The Morgan fingerprint density at radius 3 is 2.76 bits per heavy atom. The molecule has 0 aliphatic carbocycles. The topological polar surface area (TPSA) is 60.8 Å². The fourth-order valence-corrected chi connectivity index (χ4v) is 3.20. The molecule has 1 aromatic carbocycles. The summed E-state index contributed by atoms with van der Waals surface area (Å²) in [5.41, 5.74) is 1.21. The van der Waals surface area contributed by atoms with Gasteiger partial charge < -0.3 is 20.0 Å². The van der Waals surface area contributed by atoms with Crippen LogP contribution in [0, 0.1) is 0 Å². The number of hydrogen-bond acceptors (Lipinski definition) is 4. The molecule has 1 aromatic heterocycles. The van der Waals surface area contributed by atoms with Crippen molar-refractivity contribution >= 4 is 11.7 Å². The Balaban J connectivity index is 1.47. The highest BCUT2D eigenvalue weighted by atomic mass is 16.3. The molecule has 1 fully saturated rings. The van der Waals surface area contributed by atoms with Crippen molar-refractivity contribution in [3.8, 4) is 0 Å². The van der Waals surface area contributed by atoms with Gasteiger partial charge in [0.1, 0.15) is 5.76 Å². The van der Waals surface area contributed by atoms with Gasteiger partial charge in [0.2, 0.25) is 0 Å². The molecule has 6 nitrogen and oxygen atoms in total. The molecule has 6 heteroatoms. The molecule has 0 saturated carbocycles. The molecule has 2 atom stereocenters. The zero-order chi connectivity index (χ0) is 17.6. The van der Waals surface area contributed by atoms with Crippen LogP contribution in [0.3, 0.4) is 0 Å². The Kier molecular flexibility index (Phi) is 5.60. The zero-order valence-electron chi connectivity index (χ0n) is 14.8. The molecule has 0 bridgehead atoms. The Bertz CT molecular complexity index is 657. The predicted molar refractivity (Wildman–Crippen MR) is 98.7 cm³/mol. The van der Waals surface area contributed by atoms with E-state index in [0.29, 0.717) is 6.54 Å². The van der Waals surface area contributed by atoms with Crippen LogP contribution in [0.15, 0.2) is 53.1 Å². The summed E-state index contributed by atoms with van der Waals surface area (Å²) in [5, 5.41) is 6.04. The van der Waals surface area contributed by atoms with E-state index in [1.807, 2.05) is 49.3 Å². The Morgan fingerprint density at radius 2 is 2.08 bits per heavy atom. The van der Waals surface area contributed by atoms with Crippen molar-refractivity contribution in [2.24, 2.45) is 0 Å². The average molecular weight is 342 g/mol. The SMILES string of the molecule is CN(C)C(CNC(=O)NC1CCN(c2ccccc2)C1)c1ccco1. The van der Waals surface area contributed by atoms with Crippen LogP contribution in [-0.2, 0) is 0 Å². The first kappa shape index (κ1) is 17.4. The second kappa shape index (κ2) is 8.07. The van der Waals surface area contributed by atoms with Crippen molar-refractivity contribution in [2.75, 3.05) is 38.6 Å². The van der Waals surface area contributed by atoms with Gasteiger partial charge in [-0.25, -0.2) is 4.79 Å². The number of carbonyl (C=O) groups is 1. The van der Waals surface area contributed by atoms with E-state index < -0.39 is 0 Å². The number of nitrogens with one attached hydrogen (secondary N) is 2. The molecule has 1 saturated heterocycles. The van der Waals surface area contributed by atoms with Crippen LogP contribution in [-0.4, -0.2) is 50.7 Å². The molecule has 0 spiro atoms. The number of urea groups is 1. The van der Waals surface area contributed by atoms with Crippen molar-refractivity contribution < 1.29 is 9.21 Å². The number of para-hydroxylation sites is 1. The molecule has 1 aliphatic heterocycles. The second-order valence-electron chi connectivity index (χ2n) is 6.62. The highest BCUT2D eigenvalue weighted by Crippen LogP contribution is 2.20. The minimum absolute atomic E-state index is 0.0187. The van der Waals surface area contributed by atoms with Crippen molar-refractivity contribution in [3.63, 3.8) is 0 Å². The fraction of sp³-hybridized carbons (Fsp3) is 0.421. The molecule has 2 unspecified atom stereocenters. The molecule has 2 aromatic rings. The standard InChI is InChI=1S/C19H26N4O2/c1-22(2)17(18-9-6-12-25-18)13-20-19(24)21-15-10-11-23(14-15)16-7-4-3-5-8-16/h3-9,12,15,17H,10-11,13-14H2,1-2H3,(H2,20,21,24). The number of furan rings is 1. The monoisotopic (exact) mass is 342 g/mol. The van der Waals surface area contributed by atoms with Crippen LogP contribution in [0.5, 0.6) is 0 Å². The maximum absolute atomic E-state index is 12.2. The average Bonchev–Trinajstić information content (AvgIpc) is 3.28. The van der Waals surface area contributed by atoms with Crippen LogP contribution in [0.2, 0.25) is 0 Å². The molecule has 2 N–H and O–H groups in total. The number of nitrogens with zero attached hydrogens (tertiary/aromatic N) is 2. The van der Waals surface area contributed by atoms with Gasteiger partial charge in [-0.05, 0) is 44.8 Å². The number of rotatable bonds is 6. The maximum Gasteiger partial charge on any atom is 0.315 e. The van der Waals surface area contributed by atoms with E-state index in [-0.39, 0.29) is 18.1 Å². The molecular formula is C19H26N4O2. The van der Waals surface area contributed by atoms with Crippen LogP contribution in [0.25, 0.3) is 0 Å². The zero-order valence-corrected chi connectivity index (χ0v) is 14.8. The summed E-state index contributed by atoms with van der Waals surface area (Å²) in [6.07, 6.45) is 2.61. The van der Waals surface area contributed by atoms with Gasteiger partial charge in [0, 0.05) is 31.4 Å². The minimum atomic E-state index is -0.127. The molecule has 0 radical (unpaired) electrons. The van der Waals surface area contributed by atoms with Crippen LogP contribution in [0.4, 0.5) is 10.5 Å². The van der Waals surface area contributed by atoms with E-state index in [9.17, 15) is 4.79 Å². The van der Waals surface area contributed by atoms with Gasteiger partial charge in [-0.2, -0.15) is 0 Å². The van der Waals surface area contributed by atoms with Gasteiger partial charge in [-0.3, -0.25) is 4.90 Å². The number of benzene rings is 1. The van der Waals surface area contributed by atoms with Crippen molar-refractivity contribution in [2.45, 2.75) is 18.5 Å². The van der Waals surface area contributed by atoms with Gasteiger partial charge >= 0.3 is 6.03 Å². The van der Waals surface area contributed by atoms with E-state index in [2.05, 4.69) is 27.7 Å². The first-order valence-electron chi connectivity index (χ1n) is 8.67. The molecule has 25 heavy (non-hydrogen) atoms. The van der Waals surface area contributed by atoms with Crippen LogP contribution in [0.1, 0.15) is 18.2 Å². The Labute approximate surface area is 148 Å². The summed E-state index contributed by atoms with van der Waals surface area (Å²) in [4.78, 5) is 16.6. The fourth-order valence-electron chi connectivity index (χ4n) is 3.20. The van der Waals surface area contributed by atoms with Gasteiger partial charge in [0.15, 0.2) is 0 Å². The lowest BCUT2D eigenvalue weighted by molar-refractivity contribution is 0.223. The lowest BCUT2D eigenvalue weighted by atomic mass is 10.2. The summed E-state index contributed by atoms with van der Waals surface area (Å²) in [7, 11) is 3.95. The largest absolute Gasteiger partial charge is 0.468 e. The summed E-state index contributed by atoms with van der Waals surface area (Å²) < 4.78 is 5.47. The maximum atomic E-state index is 12.2. The summed E-state index contributed by atoms with van der Waals surface area (Å²) in [6, 6.07) is 14.2. The van der Waals surface area contributed by atoms with E-state index in [0.717, 1.165) is 25.3 Å². The lowest BCUT2D eigenvalue weighted by Crippen LogP contribution is -2.45. The summed E-state index contributed by atoms with van der Waals surface area (Å²) in [6.45, 7) is 2.30. The normalized spacial score (nSPS) is 18.4. The minimum Gasteiger partial charge on any atom is -0.468 e. The third kappa shape index (κ3) is 4.54. The molecule has 2 amide bonds. The number of carbonyl (C=O) groups excluding carboxylic acids is 1. The van der Waals surface area contributed by atoms with Gasteiger partial charge in [-0.15, -0.1) is 0 Å². The van der Waals surface area contributed by atoms with Crippen molar-refractivity contribution in [1.82, 2.24) is 15.5 Å². The summed E-state index contributed by atoms with van der Waals surface area (Å²) in [5.74, 6) is 0.849. The second-order valence-corrected chi connectivity index (χ2v) is 6.62. The molecular weight excluding hydrogens is 316 g/mol. The first-order chi connectivity index (χ1) is 12.1. The van der Waals surface area contributed by atoms with Crippen LogP contribution < -0.4 is 15.5 Å². The lowest BCUT2D eigenvalue weighted by Gasteiger charge is -2.23. The van der Waals surface area contributed by atoms with Crippen LogP contribution >= 0.6 is 0 Å². The third-order valence-corrected chi connectivity index (χ3v) is 4.60. The Morgan fingerprint density at radius 1 is 1.28 bits per heavy atom. The highest BCUT2D eigenvalue weighted by Gasteiger charge is 2.24. The number of anilines is 1. The molecule has 134 valence electrons. The summed E-state index contributed by atoms with van der Waals surface area (Å²) >= 11 is 0. The third-order valence-electron chi connectivity index (χ3n) is 4.60. The predicted octanol–water partition coefficient (Wildman–Crippen LogP) is 2.46. The molecule has 3 rings (SSSR count). The molecule has 1 aliphatic rings. The number of hydrogen-bond donors (Lipinski definition) is 2. The highest BCUT2D eigenvalue weighted by molar-refractivity contribution is 5.74. The van der Waals surface area contributed by atoms with E-state index in [1.165, 1.54) is 5.69 Å². The van der Waals surface area contributed by atoms with Gasteiger partial charge in [0.05, 0.1) is 12.3 Å². The Hall–Kier alpha value is -2.47. The number of likely N-dealkylation sites (N-methyl/N-ethyl adjacent to an activating group) is 1.